The maximum Gasteiger partial charge on any atom is 0.304 e. The van der Waals surface area contributed by atoms with Crippen molar-refractivity contribution in [2.75, 3.05) is 13.1 Å². The fraction of sp³-hybridized carbons (Fsp3) is 0.909. The van der Waals surface area contributed by atoms with E-state index in [0.717, 1.165) is 12.8 Å². The Morgan fingerprint density at radius 2 is 1.72 bits per heavy atom. The van der Waals surface area contributed by atoms with Crippen LogP contribution >= 0.6 is 0 Å². The largest absolute Gasteiger partial charge is 0.481 e. The SMILES string of the molecule is CCCN(CCC)S(=O)(=O)NC(CC)CC(=O)O. The van der Waals surface area contributed by atoms with Gasteiger partial charge in [-0.05, 0) is 19.3 Å². The monoisotopic (exact) mass is 280 g/mol. The van der Waals surface area contributed by atoms with Gasteiger partial charge in [0.1, 0.15) is 0 Å². The number of nitrogens with one attached hydrogen (secondary N) is 1. The van der Waals surface area contributed by atoms with Gasteiger partial charge < -0.3 is 5.11 Å². The number of nitrogens with zero attached hydrogens (tertiary/aromatic N) is 1. The first-order valence-electron chi connectivity index (χ1n) is 6.36. The van der Waals surface area contributed by atoms with Crippen molar-refractivity contribution < 1.29 is 18.3 Å². The molecule has 0 saturated carbocycles. The van der Waals surface area contributed by atoms with Gasteiger partial charge in [0.2, 0.25) is 0 Å². The molecular formula is C11H24N2O4S. The number of carboxylic acid groups (broad SMARTS) is 1. The Labute approximate surface area is 110 Å². The number of rotatable bonds is 10. The van der Waals surface area contributed by atoms with Gasteiger partial charge in [0.25, 0.3) is 10.2 Å². The van der Waals surface area contributed by atoms with Crippen LogP contribution in [0.4, 0.5) is 0 Å². The van der Waals surface area contributed by atoms with Crippen LogP contribution in [0.15, 0.2) is 0 Å². The first kappa shape index (κ1) is 17.3. The van der Waals surface area contributed by atoms with E-state index >= 15 is 0 Å². The molecule has 0 fully saturated rings. The molecule has 0 aromatic rings. The summed E-state index contributed by atoms with van der Waals surface area (Å²) in [7, 11) is -3.58. The summed E-state index contributed by atoms with van der Waals surface area (Å²) in [5.74, 6) is -0.998. The second-order valence-electron chi connectivity index (χ2n) is 4.22. The summed E-state index contributed by atoms with van der Waals surface area (Å²) >= 11 is 0. The molecule has 0 aliphatic rings. The van der Waals surface area contributed by atoms with Crippen LogP contribution in [0.25, 0.3) is 0 Å². The summed E-state index contributed by atoms with van der Waals surface area (Å²) in [6.45, 7) is 6.49. The van der Waals surface area contributed by atoms with Crippen molar-refractivity contribution in [3.63, 3.8) is 0 Å². The molecule has 7 heteroatoms. The van der Waals surface area contributed by atoms with Crippen molar-refractivity contribution in [1.29, 1.82) is 0 Å². The van der Waals surface area contributed by atoms with Gasteiger partial charge in [0.05, 0.1) is 6.42 Å². The molecule has 0 aliphatic heterocycles. The van der Waals surface area contributed by atoms with Gasteiger partial charge in [-0.3, -0.25) is 4.79 Å². The second-order valence-corrected chi connectivity index (χ2v) is 5.93. The molecule has 1 unspecified atom stereocenters. The van der Waals surface area contributed by atoms with Crippen molar-refractivity contribution in [1.82, 2.24) is 9.03 Å². The van der Waals surface area contributed by atoms with Crippen LogP contribution in [-0.2, 0) is 15.0 Å². The van der Waals surface area contributed by atoms with Gasteiger partial charge in [-0.15, -0.1) is 0 Å². The van der Waals surface area contributed by atoms with E-state index < -0.39 is 22.2 Å². The molecule has 0 amide bonds. The predicted molar refractivity (Wildman–Crippen MR) is 70.5 cm³/mol. The predicted octanol–water partition coefficient (Wildman–Crippen LogP) is 1.20. The molecule has 6 nitrogen and oxygen atoms in total. The molecule has 1 atom stereocenters. The zero-order valence-electron chi connectivity index (χ0n) is 11.3. The van der Waals surface area contributed by atoms with Crippen LogP contribution in [0.5, 0.6) is 0 Å². The highest BCUT2D eigenvalue weighted by Crippen LogP contribution is 2.06. The van der Waals surface area contributed by atoms with E-state index in [4.69, 9.17) is 5.11 Å². The summed E-state index contributed by atoms with van der Waals surface area (Å²) in [6, 6.07) is -0.552. The lowest BCUT2D eigenvalue weighted by molar-refractivity contribution is -0.137. The molecule has 0 aromatic heterocycles. The first-order valence-corrected chi connectivity index (χ1v) is 7.80. The highest BCUT2D eigenvalue weighted by atomic mass is 32.2. The maximum absolute atomic E-state index is 12.1. The molecule has 2 N–H and O–H groups in total. The minimum atomic E-state index is -3.58. The minimum Gasteiger partial charge on any atom is -0.481 e. The van der Waals surface area contributed by atoms with E-state index in [2.05, 4.69) is 4.72 Å². The van der Waals surface area contributed by atoms with Crippen LogP contribution in [0.1, 0.15) is 46.5 Å². The molecule has 0 heterocycles. The molecule has 0 rings (SSSR count). The number of carbonyl (C=O) groups is 1. The van der Waals surface area contributed by atoms with Gasteiger partial charge >= 0.3 is 5.97 Å². The highest BCUT2D eigenvalue weighted by Gasteiger charge is 2.24. The van der Waals surface area contributed by atoms with Crippen molar-refractivity contribution in [2.24, 2.45) is 0 Å². The van der Waals surface area contributed by atoms with Gasteiger partial charge in [-0.2, -0.15) is 17.4 Å². The fourth-order valence-electron chi connectivity index (χ4n) is 1.62. The van der Waals surface area contributed by atoms with E-state index in [9.17, 15) is 13.2 Å². The molecule has 0 saturated heterocycles. The fourth-order valence-corrected chi connectivity index (χ4v) is 3.28. The third kappa shape index (κ3) is 6.32. The maximum atomic E-state index is 12.1. The van der Waals surface area contributed by atoms with Crippen LogP contribution in [0.3, 0.4) is 0 Å². The van der Waals surface area contributed by atoms with Crippen molar-refractivity contribution in [3.05, 3.63) is 0 Å². The Morgan fingerprint density at radius 3 is 2.06 bits per heavy atom. The van der Waals surface area contributed by atoms with Crippen LogP contribution < -0.4 is 4.72 Å². The number of aliphatic carboxylic acids is 1. The molecule has 18 heavy (non-hydrogen) atoms. The quantitative estimate of drug-likeness (QED) is 0.629. The first-order chi connectivity index (χ1) is 8.37. The smallest absolute Gasteiger partial charge is 0.304 e. The van der Waals surface area contributed by atoms with Crippen molar-refractivity contribution in [2.45, 2.75) is 52.5 Å². The average Bonchev–Trinajstić information content (AvgIpc) is 2.27. The third-order valence-electron chi connectivity index (χ3n) is 2.52. The summed E-state index contributed by atoms with van der Waals surface area (Å²) < 4.78 is 28.0. The molecule has 0 radical (unpaired) electrons. The Balaban J connectivity index is 4.71. The summed E-state index contributed by atoms with van der Waals surface area (Å²) in [4.78, 5) is 10.6. The van der Waals surface area contributed by atoms with Gasteiger partial charge in [-0.25, -0.2) is 0 Å². The molecule has 0 spiro atoms. The second kappa shape index (κ2) is 8.44. The van der Waals surface area contributed by atoms with E-state index in [1.54, 1.807) is 6.92 Å². The van der Waals surface area contributed by atoms with Gasteiger partial charge in [0, 0.05) is 19.1 Å². The molecule has 0 bridgehead atoms. The summed E-state index contributed by atoms with van der Waals surface area (Å²) in [5.41, 5.74) is 0. The number of carboxylic acids is 1. The van der Waals surface area contributed by atoms with E-state index in [1.165, 1.54) is 4.31 Å². The van der Waals surface area contributed by atoms with Gasteiger partial charge in [0.15, 0.2) is 0 Å². The Hall–Kier alpha value is -0.660. The van der Waals surface area contributed by atoms with Crippen LogP contribution in [0.2, 0.25) is 0 Å². The average molecular weight is 280 g/mol. The zero-order valence-corrected chi connectivity index (χ0v) is 12.2. The van der Waals surface area contributed by atoms with Crippen molar-refractivity contribution in [3.8, 4) is 0 Å². The Morgan fingerprint density at radius 1 is 1.22 bits per heavy atom. The molecule has 0 aromatic carbocycles. The molecule has 108 valence electrons. The van der Waals surface area contributed by atoms with Crippen LogP contribution in [-0.4, -0.2) is 42.9 Å². The van der Waals surface area contributed by atoms with E-state index in [1.807, 2.05) is 13.8 Å². The number of hydrogen-bond acceptors (Lipinski definition) is 3. The summed E-state index contributed by atoms with van der Waals surface area (Å²) in [6.07, 6.45) is 1.73. The normalized spacial score (nSPS) is 13.8. The van der Waals surface area contributed by atoms with Crippen molar-refractivity contribution >= 4 is 16.2 Å². The molecule has 0 aliphatic carbocycles. The lowest BCUT2D eigenvalue weighted by Gasteiger charge is -2.24. The lowest BCUT2D eigenvalue weighted by Crippen LogP contribution is -2.46. The Kier molecular flexibility index (Phi) is 8.13. The summed E-state index contributed by atoms with van der Waals surface area (Å²) in [5, 5.41) is 8.71. The highest BCUT2D eigenvalue weighted by molar-refractivity contribution is 7.87. The topological polar surface area (TPSA) is 86.7 Å². The Bertz CT molecular complexity index is 337. The minimum absolute atomic E-state index is 0.193. The third-order valence-corrected chi connectivity index (χ3v) is 4.19. The standard InChI is InChI=1S/C11H24N2O4S/c1-4-7-13(8-5-2)18(16,17)12-10(6-3)9-11(14)15/h10,12H,4-9H2,1-3H3,(H,14,15). The van der Waals surface area contributed by atoms with Crippen LogP contribution in [0, 0.1) is 0 Å². The zero-order chi connectivity index (χ0) is 14.2. The van der Waals surface area contributed by atoms with E-state index in [0.29, 0.717) is 19.5 Å². The number of hydrogen-bond donors (Lipinski definition) is 2. The van der Waals surface area contributed by atoms with Gasteiger partial charge in [-0.1, -0.05) is 20.8 Å². The lowest BCUT2D eigenvalue weighted by atomic mass is 10.2. The molecular weight excluding hydrogens is 256 g/mol. The van der Waals surface area contributed by atoms with E-state index in [-0.39, 0.29) is 6.42 Å².